The largest absolute Gasteiger partial charge is 0.542 e. The number of quaternary nitrogens is 1. The Hall–Kier alpha value is -4.44. The molecule has 2 aromatic rings. The van der Waals surface area contributed by atoms with Crippen molar-refractivity contribution in [3.8, 4) is 0 Å². The number of carboxylic acids is 1. The molecule has 0 radical (unpaired) electrons. The third-order valence-electron chi connectivity index (χ3n) is 6.65. The summed E-state index contributed by atoms with van der Waals surface area (Å²) < 4.78 is 69.5. The number of alkyl halides is 3. The third kappa shape index (κ3) is 8.10. The lowest BCUT2D eigenvalue weighted by molar-refractivity contribution is -0.571. The average molecular weight is 627 g/mol. The predicted molar refractivity (Wildman–Crippen MR) is 142 cm³/mol. The molecule has 16 heteroatoms. The van der Waals surface area contributed by atoms with E-state index < -0.39 is 33.7 Å². The standard InChI is InChI=1S/C25H25FN4O5S.C2HF3O2/c1-15-16(2)24(32)28-27-22(15)13-17-4-9-21(26)20(12-17)25(33)29-10-11-30(23(31)14-29)18-5-7-19(8-6-18)36(3,34)35;3-2(4,5)1(6)7/h4-9,12H,10-11,13-14H2,1-3H3,(H,28,32);(H,6,7). The SMILES string of the molecule is CC1=C(C)C(Cc2ccc(F)c(C(=O)N3CCN(c4ccc(S(C)(=O)=O)cc4)C(=O)C3)c2)=N[NH2+]C1=O.O=C([O-])C(F)(F)F. The molecule has 2 aliphatic rings. The van der Waals surface area contributed by atoms with Gasteiger partial charge in [0.1, 0.15) is 24.0 Å². The van der Waals surface area contributed by atoms with Gasteiger partial charge in [0.05, 0.1) is 16.0 Å². The summed E-state index contributed by atoms with van der Waals surface area (Å²) in [6.07, 6.45) is -3.77. The minimum Gasteiger partial charge on any atom is -0.542 e. The number of sulfone groups is 1. The van der Waals surface area contributed by atoms with E-state index in [1.54, 1.807) is 32.0 Å². The molecular weight excluding hydrogens is 600 g/mol. The monoisotopic (exact) mass is 626 g/mol. The Labute approximate surface area is 243 Å². The molecule has 0 aliphatic carbocycles. The fourth-order valence-electron chi connectivity index (χ4n) is 4.11. The molecule has 2 aromatic carbocycles. The van der Waals surface area contributed by atoms with Gasteiger partial charge in [0.25, 0.3) is 5.91 Å². The van der Waals surface area contributed by atoms with Crippen LogP contribution < -0.4 is 15.4 Å². The number of anilines is 1. The summed E-state index contributed by atoms with van der Waals surface area (Å²) >= 11 is 0. The van der Waals surface area contributed by atoms with Crippen molar-refractivity contribution in [1.29, 1.82) is 0 Å². The molecule has 4 rings (SSSR count). The van der Waals surface area contributed by atoms with Crippen LogP contribution in [0.15, 0.2) is 63.6 Å². The van der Waals surface area contributed by atoms with Crippen molar-refractivity contribution < 1.29 is 55.7 Å². The molecular formula is C27H26F4N4O7S. The number of carboxylic acid groups (broad SMARTS) is 1. The highest BCUT2D eigenvalue weighted by atomic mass is 32.2. The fraction of sp³-hybridized carbons (Fsp3) is 0.296. The van der Waals surface area contributed by atoms with Crippen LogP contribution in [-0.2, 0) is 30.6 Å². The first-order chi connectivity index (χ1) is 19.9. The molecule has 0 atom stereocenters. The summed E-state index contributed by atoms with van der Waals surface area (Å²) in [6.45, 7) is 3.66. The number of primary amides is 1. The topological polar surface area (TPSA) is 161 Å². The molecule has 0 saturated carbocycles. The number of benzene rings is 2. The molecule has 11 nitrogen and oxygen atoms in total. The van der Waals surface area contributed by atoms with Gasteiger partial charge < -0.3 is 19.7 Å². The molecule has 0 bridgehead atoms. The zero-order valence-electron chi connectivity index (χ0n) is 23.1. The Morgan fingerprint density at radius 3 is 2.16 bits per heavy atom. The Morgan fingerprint density at radius 2 is 1.63 bits per heavy atom. The molecule has 1 saturated heterocycles. The van der Waals surface area contributed by atoms with Crippen LogP contribution in [0.1, 0.15) is 29.8 Å². The van der Waals surface area contributed by atoms with E-state index in [2.05, 4.69) is 5.10 Å². The Morgan fingerprint density at radius 1 is 1.02 bits per heavy atom. The minimum absolute atomic E-state index is 0.138. The zero-order chi connectivity index (χ0) is 32.3. The molecule has 1 fully saturated rings. The number of aliphatic carboxylic acids is 1. The van der Waals surface area contributed by atoms with Gasteiger partial charge in [-0.3, -0.25) is 9.59 Å². The van der Waals surface area contributed by atoms with Crippen LogP contribution in [0.4, 0.5) is 23.2 Å². The van der Waals surface area contributed by atoms with Crippen molar-refractivity contribution in [3.63, 3.8) is 0 Å². The van der Waals surface area contributed by atoms with E-state index in [1.807, 2.05) is 0 Å². The second-order valence-corrected chi connectivity index (χ2v) is 11.6. The number of nitrogens with two attached hydrogens (primary N) is 1. The summed E-state index contributed by atoms with van der Waals surface area (Å²) in [5, 5.41) is 13.0. The molecule has 3 amide bonds. The molecule has 2 heterocycles. The molecule has 2 N–H and O–H groups in total. The lowest BCUT2D eigenvalue weighted by Gasteiger charge is -2.34. The number of piperazine rings is 1. The number of hydrogen-bond acceptors (Lipinski definition) is 8. The van der Waals surface area contributed by atoms with Crippen LogP contribution in [0.2, 0.25) is 0 Å². The van der Waals surface area contributed by atoms with Crippen LogP contribution in [0, 0.1) is 5.82 Å². The first kappa shape index (κ1) is 33.1. The number of carbonyl (C=O) groups is 4. The number of amides is 3. The van der Waals surface area contributed by atoms with Crippen LogP contribution in [0.3, 0.4) is 0 Å². The van der Waals surface area contributed by atoms with E-state index in [0.717, 1.165) is 11.8 Å². The lowest BCUT2D eigenvalue weighted by atomic mass is 9.97. The van der Waals surface area contributed by atoms with Crippen LogP contribution in [0.25, 0.3) is 0 Å². The summed E-state index contributed by atoms with van der Waals surface area (Å²) in [5.41, 5.74) is 4.32. The summed E-state index contributed by atoms with van der Waals surface area (Å²) in [5.74, 6) is -4.79. The normalized spacial score (nSPS) is 16.0. The maximum absolute atomic E-state index is 14.6. The van der Waals surface area contributed by atoms with Gasteiger partial charge in [-0.2, -0.15) is 18.6 Å². The van der Waals surface area contributed by atoms with Crippen LogP contribution in [-0.4, -0.2) is 74.8 Å². The summed E-state index contributed by atoms with van der Waals surface area (Å²) in [6, 6.07) is 10.2. The van der Waals surface area contributed by atoms with E-state index in [-0.39, 0.29) is 41.9 Å². The van der Waals surface area contributed by atoms with Crippen molar-refractivity contribution in [2.45, 2.75) is 31.3 Å². The molecule has 230 valence electrons. The first-order valence-electron chi connectivity index (χ1n) is 12.5. The van der Waals surface area contributed by atoms with E-state index >= 15 is 0 Å². The van der Waals surface area contributed by atoms with E-state index in [0.29, 0.717) is 29.0 Å². The van der Waals surface area contributed by atoms with Gasteiger partial charge >= 0.3 is 12.1 Å². The summed E-state index contributed by atoms with van der Waals surface area (Å²) in [4.78, 5) is 49.4. The smallest absolute Gasteiger partial charge is 0.430 e. The number of hydrogen-bond donors (Lipinski definition) is 1. The highest BCUT2D eigenvalue weighted by molar-refractivity contribution is 7.90. The molecule has 0 spiro atoms. The van der Waals surface area contributed by atoms with Crippen molar-refractivity contribution in [2.75, 3.05) is 30.8 Å². The highest BCUT2D eigenvalue weighted by Gasteiger charge is 2.31. The lowest BCUT2D eigenvalue weighted by Crippen LogP contribution is -2.84. The van der Waals surface area contributed by atoms with Crippen molar-refractivity contribution in [1.82, 2.24) is 4.90 Å². The summed E-state index contributed by atoms with van der Waals surface area (Å²) in [7, 11) is -3.36. The number of halogens is 4. The quantitative estimate of drug-likeness (QED) is 0.370. The van der Waals surface area contributed by atoms with E-state index in [4.69, 9.17) is 9.90 Å². The maximum atomic E-state index is 14.6. The van der Waals surface area contributed by atoms with Gasteiger partial charge in [0.15, 0.2) is 9.84 Å². The number of allylic oxidation sites excluding steroid dienone is 1. The predicted octanol–water partition coefficient (Wildman–Crippen LogP) is 0.355. The Kier molecular flexibility index (Phi) is 9.86. The van der Waals surface area contributed by atoms with Crippen molar-refractivity contribution in [2.24, 2.45) is 5.10 Å². The molecule has 0 unspecified atom stereocenters. The van der Waals surface area contributed by atoms with Gasteiger partial charge in [-0.15, -0.1) is 0 Å². The number of nitrogens with zero attached hydrogens (tertiary/aromatic N) is 3. The second-order valence-electron chi connectivity index (χ2n) is 9.63. The molecule has 43 heavy (non-hydrogen) atoms. The fourth-order valence-corrected chi connectivity index (χ4v) is 4.74. The number of rotatable bonds is 5. The van der Waals surface area contributed by atoms with Crippen LogP contribution >= 0.6 is 0 Å². The van der Waals surface area contributed by atoms with Gasteiger partial charge in [0.2, 0.25) is 5.91 Å². The Balaban J connectivity index is 0.000000646. The number of carbonyl (C=O) groups excluding carboxylic acids is 4. The second kappa shape index (κ2) is 12.8. The zero-order valence-corrected chi connectivity index (χ0v) is 23.9. The van der Waals surface area contributed by atoms with E-state index in [1.165, 1.54) is 39.5 Å². The van der Waals surface area contributed by atoms with Crippen molar-refractivity contribution >= 4 is 44.9 Å². The third-order valence-corrected chi connectivity index (χ3v) is 7.78. The Bertz CT molecular complexity index is 1640. The van der Waals surface area contributed by atoms with Gasteiger partial charge in [-0.25, -0.2) is 17.6 Å². The van der Waals surface area contributed by atoms with Crippen LogP contribution in [0.5, 0.6) is 0 Å². The first-order valence-corrected chi connectivity index (χ1v) is 14.4. The van der Waals surface area contributed by atoms with Gasteiger partial charge in [0, 0.05) is 31.5 Å². The van der Waals surface area contributed by atoms with Gasteiger partial charge in [-0.1, -0.05) is 11.2 Å². The highest BCUT2D eigenvalue weighted by Crippen LogP contribution is 2.22. The average Bonchev–Trinajstić information content (AvgIpc) is 2.93. The van der Waals surface area contributed by atoms with Gasteiger partial charge in [-0.05, 0) is 61.4 Å². The van der Waals surface area contributed by atoms with E-state index in [9.17, 15) is 40.4 Å². The minimum atomic E-state index is -5.19. The maximum Gasteiger partial charge on any atom is 0.430 e. The molecule has 0 aromatic heterocycles. The van der Waals surface area contributed by atoms with Crippen molar-refractivity contribution in [3.05, 3.63) is 70.6 Å². The molecule has 2 aliphatic heterocycles.